The second-order valence-electron chi connectivity index (χ2n) is 7.36. The topological polar surface area (TPSA) is 76.5 Å². The van der Waals surface area contributed by atoms with Gasteiger partial charge < -0.3 is 0 Å². The van der Waals surface area contributed by atoms with Crippen LogP contribution in [-0.4, -0.2) is 25.3 Å². The third-order valence-corrected chi connectivity index (χ3v) is 4.93. The number of nitriles is 1. The number of benzene rings is 1. The molecule has 1 aliphatic carbocycles. The molecule has 2 heterocycles. The molecule has 0 unspecified atom stereocenters. The average molecular weight is 377 g/mol. The number of hydrogen-bond acceptors (Lipinski definition) is 4. The van der Waals surface area contributed by atoms with Crippen molar-refractivity contribution in [2.45, 2.75) is 39.7 Å². The minimum atomic E-state index is -0.465. The van der Waals surface area contributed by atoms with Crippen LogP contribution < -0.4 is 0 Å². The number of ketones is 1. The number of Topliss-reactive ketones (excluding diaryl/α,β-unsaturated/α-hetero) is 1. The highest BCUT2D eigenvalue weighted by atomic mass is 19.1. The fourth-order valence-corrected chi connectivity index (χ4v) is 3.40. The van der Waals surface area contributed by atoms with Crippen LogP contribution >= 0.6 is 0 Å². The van der Waals surface area contributed by atoms with Gasteiger partial charge in [0.15, 0.2) is 11.5 Å². The molecule has 7 heteroatoms. The molecule has 0 saturated heterocycles. The number of carbonyl (C=O) groups excluding carboxylic acids is 1. The largest absolute Gasteiger partial charge is 0.294 e. The lowest BCUT2D eigenvalue weighted by atomic mass is 10.1. The van der Waals surface area contributed by atoms with Crippen molar-refractivity contribution >= 4 is 5.78 Å². The summed E-state index contributed by atoms with van der Waals surface area (Å²) >= 11 is 0. The Kier molecular flexibility index (Phi) is 4.55. The SMILES string of the molecule is CC(=O)c1cc(F)ccc1-n1nc(C)cc1Cc1cn(CC2CC2)nc1C#N. The van der Waals surface area contributed by atoms with E-state index in [0.29, 0.717) is 23.7 Å². The molecule has 2 aromatic heterocycles. The normalized spacial score (nSPS) is 13.5. The first kappa shape index (κ1) is 18.1. The van der Waals surface area contributed by atoms with Crippen LogP contribution in [0.1, 0.15) is 52.8 Å². The van der Waals surface area contributed by atoms with E-state index >= 15 is 0 Å². The quantitative estimate of drug-likeness (QED) is 0.615. The first-order chi connectivity index (χ1) is 13.4. The van der Waals surface area contributed by atoms with Crippen LogP contribution in [0.3, 0.4) is 0 Å². The van der Waals surface area contributed by atoms with Crippen molar-refractivity contribution < 1.29 is 9.18 Å². The second kappa shape index (κ2) is 7.04. The average Bonchev–Trinajstić information content (AvgIpc) is 3.27. The van der Waals surface area contributed by atoms with E-state index < -0.39 is 5.82 Å². The summed E-state index contributed by atoms with van der Waals surface area (Å²) in [6.07, 6.45) is 4.78. The maximum Gasteiger partial charge on any atom is 0.166 e. The van der Waals surface area contributed by atoms with Crippen LogP contribution in [0.4, 0.5) is 4.39 Å². The van der Waals surface area contributed by atoms with E-state index in [1.54, 1.807) is 10.7 Å². The molecule has 0 amide bonds. The summed E-state index contributed by atoms with van der Waals surface area (Å²) in [7, 11) is 0. The molecule has 4 rings (SSSR count). The summed E-state index contributed by atoms with van der Waals surface area (Å²) in [6, 6.07) is 8.18. The summed E-state index contributed by atoms with van der Waals surface area (Å²) in [6.45, 7) is 4.10. The monoisotopic (exact) mass is 377 g/mol. The number of rotatable bonds is 6. The molecule has 142 valence electrons. The van der Waals surface area contributed by atoms with Crippen molar-refractivity contribution in [1.29, 1.82) is 5.26 Å². The van der Waals surface area contributed by atoms with E-state index in [-0.39, 0.29) is 11.3 Å². The lowest BCUT2D eigenvalue weighted by Crippen LogP contribution is -2.09. The molecule has 3 aromatic rings. The number of hydrogen-bond donors (Lipinski definition) is 0. The molecule has 0 radical (unpaired) electrons. The molecule has 0 bridgehead atoms. The fraction of sp³-hybridized carbons (Fsp3) is 0.333. The van der Waals surface area contributed by atoms with Crippen LogP contribution in [0.2, 0.25) is 0 Å². The first-order valence-electron chi connectivity index (χ1n) is 9.27. The Hall–Kier alpha value is -3.27. The lowest BCUT2D eigenvalue weighted by molar-refractivity contribution is 0.101. The van der Waals surface area contributed by atoms with E-state index in [9.17, 15) is 14.4 Å². The number of nitrogens with zero attached hydrogens (tertiary/aromatic N) is 5. The smallest absolute Gasteiger partial charge is 0.166 e. The van der Waals surface area contributed by atoms with Gasteiger partial charge in [-0.3, -0.25) is 9.48 Å². The zero-order valence-electron chi connectivity index (χ0n) is 15.8. The number of halogens is 1. The van der Waals surface area contributed by atoms with E-state index in [0.717, 1.165) is 23.5 Å². The predicted octanol–water partition coefficient (Wildman–Crippen LogP) is 3.59. The number of aryl methyl sites for hydroxylation is 1. The Bertz CT molecular complexity index is 1100. The summed E-state index contributed by atoms with van der Waals surface area (Å²) in [5, 5.41) is 18.4. The Labute approximate surface area is 162 Å². The molecule has 0 spiro atoms. The van der Waals surface area contributed by atoms with Crippen LogP contribution in [-0.2, 0) is 13.0 Å². The summed E-state index contributed by atoms with van der Waals surface area (Å²) in [5.41, 5.74) is 3.61. The van der Waals surface area contributed by atoms with Crippen molar-refractivity contribution in [3.63, 3.8) is 0 Å². The van der Waals surface area contributed by atoms with Gasteiger partial charge in [-0.05, 0) is 56.9 Å². The first-order valence-corrected chi connectivity index (χ1v) is 9.27. The third kappa shape index (κ3) is 3.58. The Morgan fingerprint density at radius 1 is 1.32 bits per heavy atom. The maximum atomic E-state index is 13.7. The van der Waals surface area contributed by atoms with Gasteiger partial charge in [-0.1, -0.05) is 0 Å². The van der Waals surface area contributed by atoms with E-state index in [2.05, 4.69) is 16.3 Å². The summed E-state index contributed by atoms with van der Waals surface area (Å²) in [4.78, 5) is 12.0. The van der Waals surface area contributed by atoms with Crippen LogP contribution in [0.15, 0.2) is 30.5 Å². The Morgan fingerprint density at radius 2 is 2.11 bits per heavy atom. The van der Waals surface area contributed by atoms with Crippen molar-refractivity contribution in [1.82, 2.24) is 19.6 Å². The molecule has 28 heavy (non-hydrogen) atoms. The Balaban J connectivity index is 1.73. The van der Waals surface area contributed by atoms with Crippen LogP contribution in [0.25, 0.3) is 5.69 Å². The molecule has 0 N–H and O–H groups in total. The van der Waals surface area contributed by atoms with Gasteiger partial charge in [0.1, 0.15) is 11.9 Å². The zero-order chi connectivity index (χ0) is 19.8. The summed E-state index contributed by atoms with van der Waals surface area (Å²) in [5.74, 6) is -0.0412. The minimum absolute atomic E-state index is 0.233. The molecule has 6 nitrogen and oxygen atoms in total. The van der Waals surface area contributed by atoms with Gasteiger partial charge in [-0.25, -0.2) is 9.07 Å². The van der Waals surface area contributed by atoms with Crippen molar-refractivity contribution in [2.75, 3.05) is 0 Å². The second-order valence-corrected chi connectivity index (χ2v) is 7.36. The van der Waals surface area contributed by atoms with Gasteiger partial charge >= 0.3 is 0 Å². The highest BCUT2D eigenvalue weighted by molar-refractivity contribution is 5.97. The standard InChI is InChI=1S/C21H20FN5O/c1-13-7-18(8-16-12-26(11-15-3-4-15)25-20(16)10-23)27(24-13)21-6-5-17(22)9-19(21)14(2)28/h5-7,9,12,15H,3-4,8,11H2,1-2H3. The van der Waals surface area contributed by atoms with Crippen LogP contribution in [0, 0.1) is 30.0 Å². The molecule has 0 atom stereocenters. The Morgan fingerprint density at radius 3 is 2.79 bits per heavy atom. The molecular weight excluding hydrogens is 357 g/mol. The van der Waals surface area contributed by atoms with Gasteiger partial charge in [0.05, 0.1) is 11.4 Å². The maximum absolute atomic E-state index is 13.7. The number of carbonyl (C=O) groups is 1. The van der Waals surface area contributed by atoms with E-state index in [4.69, 9.17) is 0 Å². The highest BCUT2D eigenvalue weighted by Gasteiger charge is 2.23. The van der Waals surface area contributed by atoms with Crippen molar-refractivity contribution in [3.8, 4) is 11.8 Å². The van der Waals surface area contributed by atoms with Crippen molar-refractivity contribution in [3.05, 3.63) is 64.5 Å². The molecule has 1 saturated carbocycles. The number of aromatic nitrogens is 4. The third-order valence-electron chi connectivity index (χ3n) is 4.93. The van der Waals surface area contributed by atoms with Gasteiger partial charge in [-0.2, -0.15) is 15.5 Å². The van der Waals surface area contributed by atoms with Gasteiger partial charge in [0.2, 0.25) is 0 Å². The highest BCUT2D eigenvalue weighted by Crippen LogP contribution is 2.30. The molecule has 1 fully saturated rings. The van der Waals surface area contributed by atoms with Gasteiger partial charge in [0, 0.05) is 36.0 Å². The minimum Gasteiger partial charge on any atom is -0.294 e. The lowest BCUT2D eigenvalue weighted by Gasteiger charge is -2.11. The zero-order valence-corrected chi connectivity index (χ0v) is 15.8. The van der Waals surface area contributed by atoms with E-state index in [1.807, 2.05) is 23.9 Å². The summed E-state index contributed by atoms with van der Waals surface area (Å²) < 4.78 is 17.2. The molecular formula is C21H20FN5O. The predicted molar refractivity (Wildman–Crippen MR) is 101 cm³/mol. The van der Waals surface area contributed by atoms with Gasteiger partial charge in [0.25, 0.3) is 0 Å². The van der Waals surface area contributed by atoms with E-state index in [1.165, 1.54) is 31.9 Å². The van der Waals surface area contributed by atoms with Gasteiger partial charge in [-0.15, -0.1) is 0 Å². The molecule has 1 aromatic carbocycles. The molecule has 0 aliphatic heterocycles. The molecule has 1 aliphatic rings. The van der Waals surface area contributed by atoms with Crippen molar-refractivity contribution in [2.24, 2.45) is 5.92 Å². The fourth-order valence-electron chi connectivity index (χ4n) is 3.40. The van der Waals surface area contributed by atoms with Crippen LogP contribution in [0.5, 0.6) is 0 Å².